The summed E-state index contributed by atoms with van der Waals surface area (Å²) in [6.45, 7) is 4.77. The van der Waals surface area contributed by atoms with E-state index in [1.54, 1.807) is 4.90 Å². The molecule has 5 rings (SSSR count). The van der Waals surface area contributed by atoms with Gasteiger partial charge in [0.2, 0.25) is 5.91 Å². The van der Waals surface area contributed by atoms with Gasteiger partial charge in [0.15, 0.2) is 0 Å². The number of nitrogens with zero attached hydrogens (tertiary/aromatic N) is 1. The normalized spacial score (nSPS) is 15.1. The number of hydrogen-bond acceptors (Lipinski definition) is 1. The Morgan fingerprint density at radius 2 is 1.60 bits per heavy atom. The maximum absolute atomic E-state index is 12.8. The number of aromatic amines is 1. The van der Waals surface area contributed by atoms with Crippen LogP contribution in [0.1, 0.15) is 17.5 Å². The van der Waals surface area contributed by atoms with E-state index >= 15 is 0 Å². The largest absolute Gasteiger partial charge is 0.361 e. The Morgan fingerprint density at radius 3 is 2.47 bits per heavy atom. The zero-order valence-corrected chi connectivity index (χ0v) is 17.2. The van der Waals surface area contributed by atoms with Crippen LogP contribution in [0.15, 0.2) is 72.9 Å². The van der Waals surface area contributed by atoms with Gasteiger partial charge in [0, 0.05) is 29.1 Å². The molecule has 0 aliphatic carbocycles. The number of carbonyl (C=O) groups is 1. The van der Waals surface area contributed by atoms with Crippen molar-refractivity contribution in [3.63, 3.8) is 0 Å². The van der Waals surface area contributed by atoms with Gasteiger partial charge in [-0.1, -0.05) is 60.7 Å². The van der Waals surface area contributed by atoms with Gasteiger partial charge in [0.05, 0.1) is 26.2 Å². The molecule has 0 unspecified atom stereocenters. The molecule has 1 amide bonds. The fourth-order valence-electron chi connectivity index (χ4n) is 4.70. The van der Waals surface area contributed by atoms with E-state index in [0.717, 1.165) is 44.7 Å². The molecule has 1 aromatic heterocycles. The quantitative estimate of drug-likeness (QED) is 0.533. The summed E-state index contributed by atoms with van der Waals surface area (Å²) in [5.74, 6) is 0.282. The van der Waals surface area contributed by atoms with Crippen molar-refractivity contribution in [3.8, 4) is 0 Å². The van der Waals surface area contributed by atoms with Crippen LogP contribution in [0.4, 0.5) is 0 Å². The number of carbonyl (C=O) groups excluding carboxylic acids is 1. The number of rotatable bonds is 5. The zero-order chi connectivity index (χ0) is 20.3. The van der Waals surface area contributed by atoms with E-state index in [9.17, 15) is 4.79 Å². The van der Waals surface area contributed by atoms with Crippen LogP contribution in [0.2, 0.25) is 0 Å². The number of fused-ring (bicyclic) bond motifs is 2. The lowest BCUT2D eigenvalue weighted by atomic mass is 10.0. The fraction of sp³-hybridized carbons (Fsp3) is 0.269. The summed E-state index contributed by atoms with van der Waals surface area (Å²) in [6.07, 6.45) is 3.43. The third kappa shape index (κ3) is 3.83. The highest BCUT2D eigenvalue weighted by atomic mass is 16.2. The zero-order valence-electron chi connectivity index (χ0n) is 17.2. The van der Waals surface area contributed by atoms with Crippen molar-refractivity contribution < 1.29 is 9.69 Å². The first-order chi connectivity index (χ1) is 14.8. The SMILES string of the molecule is O=C(CCc1c[nH]c2ccccc12)N1CC[NH+](Cc2cccc3ccccc23)CC1. The number of nitrogens with one attached hydrogen (secondary N) is 2. The van der Waals surface area contributed by atoms with Crippen molar-refractivity contribution >= 4 is 27.6 Å². The molecule has 0 radical (unpaired) electrons. The lowest BCUT2D eigenvalue weighted by Crippen LogP contribution is -3.13. The van der Waals surface area contributed by atoms with E-state index in [1.165, 1.54) is 27.3 Å². The first kappa shape index (κ1) is 18.9. The van der Waals surface area contributed by atoms with Crippen molar-refractivity contribution in [1.29, 1.82) is 0 Å². The maximum Gasteiger partial charge on any atom is 0.223 e. The molecule has 2 N–H and O–H groups in total. The van der Waals surface area contributed by atoms with Gasteiger partial charge in [-0.15, -0.1) is 0 Å². The van der Waals surface area contributed by atoms with E-state index in [0.29, 0.717) is 6.42 Å². The summed E-state index contributed by atoms with van der Waals surface area (Å²) in [6, 6.07) is 23.5. The molecule has 1 saturated heterocycles. The second kappa shape index (κ2) is 8.33. The number of para-hydroxylation sites is 1. The molecule has 152 valence electrons. The molecule has 1 aliphatic rings. The van der Waals surface area contributed by atoms with Gasteiger partial charge >= 0.3 is 0 Å². The Balaban J connectivity index is 1.16. The highest BCUT2D eigenvalue weighted by Crippen LogP contribution is 2.20. The van der Waals surface area contributed by atoms with E-state index in [1.807, 2.05) is 12.3 Å². The van der Waals surface area contributed by atoms with Crippen molar-refractivity contribution in [1.82, 2.24) is 9.88 Å². The van der Waals surface area contributed by atoms with Crippen LogP contribution < -0.4 is 4.90 Å². The van der Waals surface area contributed by atoms with Crippen LogP contribution in [0.5, 0.6) is 0 Å². The molecular weight excluding hydrogens is 370 g/mol. The summed E-state index contributed by atoms with van der Waals surface area (Å²) < 4.78 is 0. The lowest BCUT2D eigenvalue weighted by molar-refractivity contribution is -0.917. The second-order valence-electron chi connectivity index (χ2n) is 8.31. The number of benzene rings is 3. The number of piperazine rings is 1. The summed E-state index contributed by atoms with van der Waals surface area (Å²) in [5, 5.41) is 3.89. The molecule has 0 saturated carbocycles. The van der Waals surface area contributed by atoms with E-state index in [-0.39, 0.29) is 5.91 Å². The van der Waals surface area contributed by atoms with Crippen LogP contribution in [0.3, 0.4) is 0 Å². The average Bonchev–Trinajstić information content (AvgIpc) is 3.21. The van der Waals surface area contributed by atoms with E-state index < -0.39 is 0 Å². The first-order valence-corrected chi connectivity index (χ1v) is 10.9. The molecule has 4 aromatic rings. The number of aromatic nitrogens is 1. The summed E-state index contributed by atoms with van der Waals surface area (Å²) in [4.78, 5) is 19.7. The first-order valence-electron chi connectivity index (χ1n) is 10.9. The van der Waals surface area contributed by atoms with Gasteiger partial charge < -0.3 is 14.8 Å². The Hall–Kier alpha value is -3.11. The standard InChI is InChI=1S/C26H27N3O/c30-26(13-12-21-18-27-25-11-4-3-10-24(21)25)29-16-14-28(15-17-29)19-22-8-5-7-20-6-1-2-9-23(20)22/h1-11,18,27H,12-17,19H2/p+1. The molecule has 1 aliphatic heterocycles. The van der Waals surface area contributed by atoms with Crippen LogP contribution >= 0.6 is 0 Å². The van der Waals surface area contributed by atoms with Gasteiger partial charge in [-0.3, -0.25) is 4.79 Å². The third-order valence-corrected chi connectivity index (χ3v) is 6.43. The topological polar surface area (TPSA) is 40.5 Å². The molecule has 4 heteroatoms. The predicted octanol–water partition coefficient (Wildman–Crippen LogP) is 3.18. The minimum Gasteiger partial charge on any atom is -0.361 e. The summed E-state index contributed by atoms with van der Waals surface area (Å²) >= 11 is 0. The number of H-pyrrole nitrogens is 1. The number of amides is 1. The fourth-order valence-corrected chi connectivity index (χ4v) is 4.70. The second-order valence-corrected chi connectivity index (χ2v) is 8.31. The Labute approximate surface area is 177 Å². The van der Waals surface area contributed by atoms with Crippen molar-refractivity contribution in [2.45, 2.75) is 19.4 Å². The number of quaternary nitrogens is 1. The highest BCUT2D eigenvalue weighted by Gasteiger charge is 2.24. The average molecular weight is 399 g/mol. The van der Waals surface area contributed by atoms with Crippen LogP contribution in [0.25, 0.3) is 21.7 Å². The molecule has 4 nitrogen and oxygen atoms in total. The van der Waals surface area contributed by atoms with Gasteiger partial charge in [-0.2, -0.15) is 0 Å². The number of aryl methyl sites for hydroxylation is 1. The number of hydrogen-bond donors (Lipinski definition) is 2. The van der Waals surface area contributed by atoms with Gasteiger partial charge in [-0.25, -0.2) is 0 Å². The van der Waals surface area contributed by atoms with Crippen LogP contribution in [-0.4, -0.2) is 42.0 Å². The molecule has 0 spiro atoms. The lowest BCUT2D eigenvalue weighted by Gasteiger charge is -2.32. The van der Waals surface area contributed by atoms with E-state index in [2.05, 4.69) is 70.5 Å². The van der Waals surface area contributed by atoms with Crippen molar-refractivity contribution in [3.05, 3.63) is 84.1 Å². The van der Waals surface area contributed by atoms with Crippen molar-refractivity contribution in [2.24, 2.45) is 0 Å². The van der Waals surface area contributed by atoms with E-state index in [4.69, 9.17) is 0 Å². The minimum absolute atomic E-state index is 0.282. The third-order valence-electron chi connectivity index (χ3n) is 6.43. The minimum atomic E-state index is 0.282. The van der Waals surface area contributed by atoms with Crippen LogP contribution in [0, 0.1) is 0 Å². The maximum atomic E-state index is 12.8. The van der Waals surface area contributed by atoms with Crippen molar-refractivity contribution in [2.75, 3.05) is 26.2 Å². The Morgan fingerprint density at radius 1 is 0.867 bits per heavy atom. The monoisotopic (exact) mass is 398 g/mol. The molecule has 0 atom stereocenters. The smallest absolute Gasteiger partial charge is 0.223 e. The molecule has 2 heterocycles. The van der Waals surface area contributed by atoms with Crippen LogP contribution in [-0.2, 0) is 17.8 Å². The van der Waals surface area contributed by atoms with Gasteiger partial charge in [-0.05, 0) is 28.8 Å². The molecule has 30 heavy (non-hydrogen) atoms. The Kier molecular flexibility index (Phi) is 5.24. The summed E-state index contributed by atoms with van der Waals surface area (Å²) in [5.41, 5.74) is 3.78. The molecular formula is C26H28N3O+. The highest BCUT2D eigenvalue weighted by molar-refractivity contribution is 5.85. The predicted molar refractivity (Wildman–Crippen MR) is 122 cm³/mol. The van der Waals surface area contributed by atoms with Gasteiger partial charge in [0.1, 0.15) is 6.54 Å². The molecule has 0 bridgehead atoms. The molecule has 1 fully saturated rings. The van der Waals surface area contributed by atoms with Gasteiger partial charge in [0.25, 0.3) is 0 Å². The Bertz CT molecular complexity index is 1170. The molecule has 3 aromatic carbocycles. The summed E-state index contributed by atoms with van der Waals surface area (Å²) in [7, 11) is 0.